The summed E-state index contributed by atoms with van der Waals surface area (Å²) in [5.41, 5.74) is 0. The lowest BCUT2D eigenvalue weighted by Gasteiger charge is -2.20. The minimum atomic E-state index is -0.846. The predicted molar refractivity (Wildman–Crippen MR) is 384 cm³/mol. The number of carbonyl (C=O) groups excluding carboxylic acids is 2. The van der Waals surface area contributed by atoms with E-state index in [1.54, 1.807) is 6.08 Å². The monoisotopic (exact) mass is 1220 g/mol. The topological polar surface area (TPSA) is 95.9 Å². The lowest BCUT2D eigenvalue weighted by Crippen LogP contribution is -2.45. The van der Waals surface area contributed by atoms with Crippen LogP contribution in [0.5, 0.6) is 0 Å². The Hall–Kier alpha value is -1.92. The molecule has 1 amide bonds. The van der Waals surface area contributed by atoms with Gasteiger partial charge >= 0.3 is 5.97 Å². The highest BCUT2D eigenvalue weighted by Crippen LogP contribution is 2.19. The highest BCUT2D eigenvalue weighted by atomic mass is 16.5. The van der Waals surface area contributed by atoms with Gasteiger partial charge in [-0.15, -0.1) is 0 Å². The smallest absolute Gasteiger partial charge is 0.305 e. The largest absolute Gasteiger partial charge is 0.466 e. The Morgan fingerprint density at radius 1 is 0.310 bits per heavy atom. The summed E-state index contributed by atoms with van der Waals surface area (Å²) < 4.78 is 5.51. The van der Waals surface area contributed by atoms with Crippen molar-refractivity contribution in [2.24, 2.45) is 0 Å². The standard InChI is InChI=1S/C81H155NO5/c1-3-5-7-9-11-13-15-17-19-21-23-24-32-35-38-41-45-49-53-57-61-65-69-73-79(84)78(77-83)82-80(85)74-70-66-62-58-54-50-46-42-39-36-33-30-28-26-25-27-29-31-34-37-40-44-48-52-56-60-64-68-72-76-87-81(86)75-71-67-63-59-55-51-47-43-22-20-18-16-14-12-10-8-6-4-2/h20,22,25,27,69,73,78-79,83-84H,3-19,21,23-24,26,28-68,70-72,74-77H2,1-2H3,(H,82,85)/b22-20-,27-25-,73-69+. The maximum Gasteiger partial charge on any atom is 0.305 e. The van der Waals surface area contributed by atoms with Gasteiger partial charge in [0.15, 0.2) is 0 Å². The summed E-state index contributed by atoms with van der Waals surface area (Å²) in [7, 11) is 0. The highest BCUT2D eigenvalue weighted by molar-refractivity contribution is 5.76. The Bertz CT molecular complexity index is 1410. The second kappa shape index (κ2) is 76.5. The molecule has 0 aromatic heterocycles. The number of nitrogens with one attached hydrogen (secondary N) is 1. The van der Waals surface area contributed by atoms with Crippen LogP contribution in [0.15, 0.2) is 36.5 Å². The Morgan fingerprint density at radius 3 is 0.816 bits per heavy atom. The fraction of sp³-hybridized carbons (Fsp3) is 0.901. The molecule has 87 heavy (non-hydrogen) atoms. The number of aliphatic hydroxyl groups excluding tert-OH is 2. The van der Waals surface area contributed by atoms with Crippen LogP contribution < -0.4 is 5.32 Å². The fourth-order valence-corrected chi connectivity index (χ4v) is 12.6. The first-order valence-electron chi connectivity index (χ1n) is 39.8. The second-order valence-electron chi connectivity index (χ2n) is 27.4. The van der Waals surface area contributed by atoms with Gasteiger partial charge in [-0.05, 0) is 83.5 Å². The maximum atomic E-state index is 12.5. The van der Waals surface area contributed by atoms with Crippen molar-refractivity contribution in [3.63, 3.8) is 0 Å². The average molecular weight is 1220 g/mol. The normalized spacial score (nSPS) is 12.6. The SMILES string of the molecule is CCCCCCCCC/C=C\CCCCCCCCCC(=O)OCCCCCCCCCCCCCC/C=C\CCCCCCCCCCCCCCCC(=O)NC(CO)C(O)/C=C/CCCCCCCCCCCCCCCCCCCCCCC. The zero-order valence-electron chi connectivity index (χ0n) is 59.0. The molecule has 0 rings (SSSR count). The molecule has 0 aliphatic rings. The molecule has 514 valence electrons. The maximum absolute atomic E-state index is 12.5. The molecular weight excluding hydrogens is 1070 g/mol. The summed E-state index contributed by atoms with van der Waals surface area (Å²) in [4.78, 5) is 24.7. The van der Waals surface area contributed by atoms with E-state index in [0.29, 0.717) is 19.4 Å². The Morgan fingerprint density at radius 2 is 0.540 bits per heavy atom. The molecule has 0 spiro atoms. The van der Waals surface area contributed by atoms with Crippen molar-refractivity contribution in [1.82, 2.24) is 5.32 Å². The summed E-state index contributed by atoms with van der Waals surface area (Å²) in [5, 5.41) is 23.3. The van der Waals surface area contributed by atoms with Crippen LogP contribution in [0.25, 0.3) is 0 Å². The lowest BCUT2D eigenvalue weighted by atomic mass is 10.0. The minimum Gasteiger partial charge on any atom is -0.466 e. The Balaban J connectivity index is 3.39. The number of esters is 1. The van der Waals surface area contributed by atoms with Crippen molar-refractivity contribution in [1.29, 1.82) is 0 Å². The molecule has 0 aromatic carbocycles. The molecular formula is C81H155NO5. The van der Waals surface area contributed by atoms with E-state index in [0.717, 1.165) is 44.9 Å². The number of aliphatic hydroxyl groups is 2. The van der Waals surface area contributed by atoms with E-state index < -0.39 is 12.1 Å². The number of amides is 1. The molecule has 2 atom stereocenters. The van der Waals surface area contributed by atoms with Gasteiger partial charge in [0, 0.05) is 12.8 Å². The van der Waals surface area contributed by atoms with Crippen molar-refractivity contribution in [3.05, 3.63) is 36.5 Å². The first-order valence-corrected chi connectivity index (χ1v) is 39.8. The van der Waals surface area contributed by atoms with Crippen molar-refractivity contribution in [3.8, 4) is 0 Å². The Kier molecular flexibility index (Phi) is 74.8. The molecule has 2 unspecified atom stereocenters. The summed E-state index contributed by atoms with van der Waals surface area (Å²) in [6.07, 6.45) is 99.8. The predicted octanol–water partition coefficient (Wildman–Crippen LogP) is 26.2. The van der Waals surface area contributed by atoms with Gasteiger partial charge in [0.25, 0.3) is 0 Å². The van der Waals surface area contributed by atoms with Gasteiger partial charge in [-0.1, -0.05) is 384 Å². The molecule has 3 N–H and O–H groups in total. The number of hydrogen-bond acceptors (Lipinski definition) is 5. The molecule has 0 saturated carbocycles. The van der Waals surface area contributed by atoms with E-state index in [2.05, 4.69) is 43.5 Å². The van der Waals surface area contributed by atoms with Crippen molar-refractivity contribution < 1.29 is 24.5 Å². The molecule has 0 heterocycles. The number of allylic oxidation sites excluding steroid dienone is 5. The third-order valence-corrected chi connectivity index (χ3v) is 18.6. The van der Waals surface area contributed by atoms with Crippen LogP contribution >= 0.6 is 0 Å². The van der Waals surface area contributed by atoms with Gasteiger partial charge in [-0.3, -0.25) is 9.59 Å². The van der Waals surface area contributed by atoms with E-state index in [-0.39, 0.29) is 18.5 Å². The number of rotatable bonds is 75. The van der Waals surface area contributed by atoms with Gasteiger partial charge in [0.05, 0.1) is 25.4 Å². The van der Waals surface area contributed by atoms with Crippen molar-refractivity contribution in [2.75, 3.05) is 13.2 Å². The fourth-order valence-electron chi connectivity index (χ4n) is 12.6. The van der Waals surface area contributed by atoms with Crippen LogP contribution in [-0.4, -0.2) is 47.4 Å². The first kappa shape index (κ1) is 85.1. The molecule has 6 nitrogen and oxygen atoms in total. The number of hydrogen-bond donors (Lipinski definition) is 3. The summed E-state index contributed by atoms with van der Waals surface area (Å²) in [6.45, 7) is 4.95. The second-order valence-corrected chi connectivity index (χ2v) is 27.4. The third kappa shape index (κ3) is 73.0. The van der Waals surface area contributed by atoms with Crippen molar-refractivity contribution >= 4 is 11.9 Å². The molecule has 0 fully saturated rings. The molecule has 0 bridgehead atoms. The molecule has 0 aliphatic carbocycles. The lowest BCUT2D eigenvalue weighted by molar-refractivity contribution is -0.143. The quantitative estimate of drug-likeness (QED) is 0.0320. The van der Waals surface area contributed by atoms with Crippen LogP contribution in [0.4, 0.5) is 0 Å². The van der Waals surface area contributed by atoms with Crippen molar-refractivity contribution in [2.45, 2.75) is 456 Å². The summed E-state index contributed by atoms with van der Waals surface area (Å²) >= 11 is 0. The molecule has 0 saturated heterocycles. The van der Waals surface area contributed by atoms with E-state index in [1.807, 2.05) is 6.08 Å². The zero-order chi connectivity index (χ0) is 62.8. The first-order chi connectivity index (χ1) is 43.0. The van der Waals surface area contributed by atoms with Crippen LogP contribution in [0.2, 0.25) is 0 Å². The summed E-state index contributed by atoms with van der Waals surface area (Å²) in [5.74, 6) is -0.0483. The molecule has 0 aromatic rings. The third-order valence-electron chi connectivity index (χ3n) is 18.6. The Labute approximate surface area is 544 Å². The number of unbranched alkanes of at least 4 members (excludes halogenated alkanes) is 60. The van der Waals surface area contributed by atoms with Gasteiger partial charge in [0.1, 0.15) is 0 Å². The van der Waals surface area contributed by atoms with Gasteiger partial charge in [0.2, 0.25) is 5.91 Å². The van der Waals surface area contributed by atoms with Crippen LogP contribution in [-0.2, 0) is 14.3 Å². The zero-order valence-corrected chi connectivity index (χ0v) is 59.0. The van der Waals surface area contributed by atoms with Gasteiger partial charge in [-0.2, -0.15) is 0 Å². The van der Waals surface area contributed by atoms with Crippen LogP contribution in [0, 0.1) is 0 Å². The van der Waals surface area contributed by atoms with Gasteiger partial charge in [-0.25, -0.2) is 0 Å². The molecule has 0 radical (unpaired) electrons. The van der Waals surface area contributed by atoms with E-state index in [9.17, 15) is 19.8 Å². The van der Waals surface area contributed by atoms with E-state index in [1.165, 1.54) is 372 Å². The number of ether oxygens (including phenoxy) is 1. The molecule has 0 aliphatic heterocycles. The minimum absolute atomic E-state index is 0.0141. The van der Waals surface area contributed by atoms with Gasteiger partial charge < -0.3 is 20.3 Å². The summed E-state index contributed by atoms with van der Waals surface area (Å²) in [6, 6.07) is -0.629. The van der Waals surface area contributed by atoms with Crippen LogP contribution in [0.3, 0.4) is 0 Å². The van der Waals surface area contributed by atoms with E-state index >= 15 is 0 Å². The highest BCUT2D eigenvalue weighted by Gasteiger charge is 2.18. The average Bonchev–Trinajstić information content (AvgIpc) is 3.53. The van der Waals surface area contributed by atoms with E-state index in [4.69, 9.17) is 4.74 Å². The number of carbonyl (C=O) groups is 2. The molecule has 6 heteroatoms. The van der Waals surface area contributed by atoms with Crippen LogP contribution in [0.1, 0.15) is 444 Å².